The third-order valence-electron chi connectivity index (χ3n) is 7.08. The first-order chi connectivity index (χ1) is 21.0. The van der Waals surface area contributed by atoms with Crippen molar-refractivity contribution in [2.24, 2.45) is 0 Å². The van der Waals surface area contributed by atoms with Gasteiger partial charge in [-0.15, -0.1) is 0 Å². The molecule has 0 aromatic heterocycles. The van der Waals surface area contributed by atoms with Crippen molar-refractivity contribution in [2.75, 3.05) is 6.16 Å². The van der Waals surface area contributed by atoms with E-state index in [9.17, 15) is 31.1 Å². The Kier molecular flexibility index (Phi) is 9.21. The van der Waals surface area contributed by atoms with Gasteiger partial charge in [0.1, 0.15) is 0 Å². The van der Waals surface area contributed by atoms with Gasteiger partial charge in [0.25, 0.3) is 5.91 Å². The lowest BCUT2D eigenvalue weighted by Gasteiger charge is -2.28. The Morgan fingerprint density at radius 1 is 0.614 bits per heavy atom. The highest BCUT2D eigenvalue weighted by atomic mass is 31.1. The molecule has 5 rings (SSSR count). The molecule has 0 bridgehead atoms. The van der Waals surface area contributed by atoms with E-state index in [4.69, 9.17) is 0 Å². The predicted octanol–water partition coefficient (Wildman–Crippen LogP) is 9.00. The first kappa shape index (κ1) is 31.0. The van der Waals surface area contributed by atoms with Gasteiger partial charge in [-0.2, -0.15) is 26.3 Å². The van der Waals surface area contributed by atoms with E-state index < -0.39 is 48.9 Å². The molecule has 0 heterocycles. The maximum Gasteiger partial charge on any atom is 0.416 e. The number of amides is 1. The first-order valence-corrected chi connectivity index (χ1v) is 15.2. The SMILES string of the molecule is O=C(NC(CP(c1ccccc1)c1ccccc1)c1ccccc1-c1ccccc1)c1cc(C(F)(F)F)cc(C(F)(F)F)c1. The summed E-state index contributed by atoms with van der Waals surface area (Å²) in [6.07, 6.45) is -9.82. The molecule has 0 saturated carbocycles. The molecule has 9 heteroatoms. The summed E-state index contributed by atoms with van der Waals surface area (Å²) in [5.74, 6) is -1.04. The van der Waals surface area contributed by atoms with Crippen LogP contribution in [0.4, 0.5) is 26.3 Å². The highest BCUT2D eigenvalue weighted by Gasteiger charge is 2.38. The summed E-state index contributed by atoms with van der Waals surface area (Å²) in [6.45, 7) is 0. The normalized spacial score (nSPS) is 12.6. The number of halogens is 6. The van der Waals surface area contributed by atoms with Gasteiger partial charge in [0.15, 0.2) is 0 Å². The fraction of sp³-hybridized carbons (Fsp3) is 0.114. The zero-order valence-corrected chi connectivity index (χ0v) is 24.0. The minimum atomic E-state index is -5.08. The monoisotopic (exact) mass is 621 g/mol. The van der Waals surface area contributed by atoms with Gasteiger partial charge < -0.3 is 5.32 Å². The van der Waals surface area contributed by atoms with Crippen molar-refractivity contribution in [1.29, 1.82) is 0 Å². The van der Waals surface area contributed by atoms with E-state index in [2.05, 4.69) is 5.32 Å². The van der Waals surface area contributed by atoms with Gasteiger partial charge in [0.05, 0.1) is 17.2 Å². The molecule has 5 aromatic carbocycles. The van der Waals surface area contributed by atoms with Crippen LogP contribution in [-0.4, -0.2) is 12.1 Å². The van der Waals surface area contributed by atoms with Crippen molar-refractivity contribution in [3.63, 3.8) is 0 Å². The molecule has 44 heavy (non-hydrogen) atoms. The number of carbonyl (C=O) groups excluding carboxylic acids is 1. The summed E-state index contributed by atoms with van der Waals surface area (Å²) in [6, 6.07) is 36.2. The maximum absolute atomic E-state index is 13.7. The third kappa shape index (κ3) is 7.37. The van der Waals surface area contributed by atoms with E-state index >= 15 is 0 Å². The molecule has 0 radical (unpaired) electrons. The smallest absolute Gasteiger partial charge is 0.345 e. The number of nitrogens with one attached hydrogen (secondary N) is 1. The van der Waals surface area contributed by atoms with Crippen molar-refractivity contribution in [3.8, 4) is 11.1 Å². The van der Waals surface area contributed by atoms with Crippen molar-refractivity contribution in [3.05, 3.63) is 156 Å². The quantitative estimate of drug-likeness (QED) is 0.136. The second-order valence-electron chi connectivity index (χ2n) is 10.1. The summed E-state index contributed by atoms with van der Waals surface area (Å²) < 4.78 is 81.7. The number of alkyl halides is 6. The van der Waals surface area contributed by atoms with E-state index in [0.29, 0.717) is 23.9 Å². The molecule has 224 valence electrons. The Morgan fingerprint density at radius 3 is 1.57 bits per heavy atom. The van der Waals surface area contributed by atoms with Crippen LogP contribution in [0.1, 0.15) is 33.1 Å². The van der Waals surface area contributed by atoms with Gasteiger partial charge >= 0.3 is 12.4 Å². The summed E-state index contributed by atoms with van der Waals surface area (Å²) >= 11 is 0. The molecular formula is C35H26F6NOP. The van der Waals surface area contributed by atoms with Crippen LogP contribution in [0.5, 0.6) is 0 Å². The van der Waals surface area contributed by atoms with Crippen molar-refractivity contribution < 1.29 is 31.1 Å². The summed E-state index contributed by atoms with van der Waals surface area (Å²) in [5.41, 5.74) is -1.49. The Bertz CT molecular complexity index is 1640. The third-order valence-corrected chi connectivity index (χ3v) is 9.65. The second kappa shape index (κ2) is 13.1. The number of hydrogen-bond donors (Lipinski definition) is 1. The predicted molar refractivity (Wildman–Crippen MR) is 162 cm³/mol. The molecule has 5 aromatic rings. The summed E-state index contributed by atoms with van der Waals surface area (Å²) in [5, 5.41) is 4.84. The van der Waals surface area contributed by atoms with E-state index in [1.807, 2.05) is 109 Å². The minimum absolute atomic E-state index is 0.0169. The van der Waals surface area contributed by atoms with Crippen LogP contribution in [-0.2, 0) is 12.4 Å². The number of benzene rings is 5. The molecule has 1 N–H and O–H groups in total. The van der Waals surface area contributed by atoms with Crippen molar-refractivity contribution in [1.82, 2.24) is 5.32 Å². The van der Waals surface area contributed by atoms with Crippen LogP contribution in [0.15, 0.2) is 133 Å². The topological polar surface area (TPSA) is 29.1 Å². The first-order valence-electron chi connectivity index (χ1n) is 13.6. The van der Waals surface area contributed by atoms with Gasteiger partial charge in [-0.3, -0.25) is 4.79 Å². The molecule has 0 fully saturated rings. The zero-order valence-electron chi connectivity index (χ0n) is 23.1. The van der Waals surface area contributed by atoms with Crippen molar-refractivity contribution in [2.45, 2.75) is 18.4 Å². The molecule has 1 unspecified atom stereocenters. The lowest BCUT2D eigenvalue weighted by Crippen LogP contribution is -2.33. The van der Waals surface area contributed by atoms with Crippen LogP contribution >= 0.6 is 7.92 Å². The Hall–Kier alpha value is -4.42. The molecule has 0 saturated heterocycles. The maximum atomic E-state index is 13.7. The molecule has 0 spiro atoms. The van der Waals surface area contributed by atoms with Crippen LogP contribution in [0.25, 0.3) is 11.1 Å². The molecule has 0 aliphatic rings. The van der Waals surface area contributed by atoms with E-state index in [0.717, 1.165) is 21.7 Å². The van der Waals surface area contributed by atoms with E-state index in [1.54, 1.807) is 6.07 Å². The average Bonchev–Trinajstić information content (AvgIpc) is 3.03. The average molecular weight is 622 g/mol. The minimum Gasteiger partial charge on any atom is -0.345 e. The van der Waals surface area contributed by atoms with Crippen LogP contribution in [0, 0.1) is 0 Å². The highest BCUT2D eigenvalue weighted by Crippen LogP contribution is 2.41. The van der Waals surface area contributed by atoms with Gasteiger partial charge in [-0.25, -0.2) is 0 Å². The Labute approximate surface area is 252 Å². The van der Waals surface area contributed by atoms with Crippen LogP contribution < -0.4 is 15.9 Å². The Morgan fingerprint density at radius 2 is 1.07 bits per heavy atom. The van der Waals surface area contributed by atoms with Crippen molar-refractivity contribution >= 4 is 24.4 Å². The number of hydrogen-bond acceptors (Lipinski definition) is 1. The second-order valence-corrected chi connectivity index (χ2v) is 12.3. The number of carbonyl (C=O) groups is 1. The highest BCUT2D eigenvalue weighted by molar-refractivity contribution is 7.73. The zero-order chi connectivity index (χ0) is 31.3. The van der Waals surface area contributed by atoms with Gasteiger partial charge in [-0.05, 0) is 53.4 Å². The molecule has 1 atom stereocenters. The van der Waals surface area contributed by atoms with Gasteiger partial charge in [0.2, 0.25) is 0 Å². The van der Waals surface area contributed by atoms with E-state index in [-0.39, 0.29) is 6.07 Å². The number of rotatable bonds is 8. The Balaban J connectivity index is 1.62. The molecule has 1 amide bonds. The fourth-order valence-electron chi connectivity index (χ4n) is 4.99. The molecular weight excluding hydrogens is 595 g/mol. The van der Waals surface area contributed by atoms with Crippen LogP contribution in [0.3, 0.4) is 0 Å². The summed E-state index contributed by atoms with van der Waals surface area (Å²) in [4.78, 5) is 13.7. The fourth-order valence-corrected chi connectivity index (χ4v) is 7.43. The lowest BCUT2D eigenvalue weighted by atomic mass is 9.95. The lowest BCUT2D eigenvalue weighted by molar-refractivity contribution is -0.143. The van der Waals surface area contributed by atoms with Crippen LogP contribution in [0.2, 0.25) is 0 Å². The van der Waals surface area contributed by atoms with Gasteiger partial charge in [0, 0.05) is 11.7 Å². The largest absolute Gasteiger partial charge is 0.416 e. The molecule has 2 nitrogen and oxygen atoms in total. The van der Waals surface area contributed by atoms with Gasteiger partial charge in [-0.1, -0.05) is 115 Å². The standard InChI is InChI=1S/C35H26F6NOP/c36-34(37,38)26-20-25(21-27(22-26)35(39,40)41)33(43)42-32(31-19-11-10-18-30(31)24-12-4-1-5-13-24)23-44(28-14-6-2-7-15-28)29-16-8-3-9-17-29/h1-22,32H,23H2,(H,42,43). The van der Waals surface area contributed by atoms with E-state index in [1.165, 1.54) is 0 Å². The molecule has 0 aliphatic heterocycles. The molecule has 0 aliphatic carbocycles. The summed E-state index contributed by atoms with van der Waals surface area (Å²) in [7, 11) is -1.12.